The molecule has 1 atom stereocenters. The van der Waals surface area contributed by atoms with Gasteiger partial charge in [-0.15, -0.1) is 0 Å². The summed E-state index contributed by atoms with van der Waals surface area (Å²) in [6, 6.07) is 16.3. The topological polar surface area (TPSA) is 77.1 Å². The SMILES string of the molecule is CC(N)CCCNCc1cn(S(=O)(=O)c2ccccc2)c2ccccc12. The number of para-hydroxylation sites is 1. The predicted octanol–water partition coefficient (Wildman–Crippen LogP) is 3.10. The number of fused-ring (bicyclic) bond motifs is 1. The van der Waals surface area contributed by atoms with E-state index in [1.807, 2.05) is 37.3 Å². The highest BCUT2D eigenvalue weighted by molar-refractivity contribution is 7.90. The Morgan fingerprint density at radius 1 is 1.08 bits per heavy atom. The van der Waals surface area contributed by atoms with Crippen LogP contribution in [0.25, 0.3) is 10.9 Å². The lowest BCUT2D eigenvalue weighted by Gasteiger charge is -2.07. The zero-order valence-electron chi connectivity index (χ0n) is 14.9. The van der Waals surface area contributed by atoms with Gasteiger partial charge in [-0.2, -0.15) is 0 Å². The van der Waals surface area contributed by atoms with Crippen LogP contribution in [0.2, 0.25) is 0 Å². The molecule has 3 N–H and O–H groups in total. The minimum Gasteiger partial charge on any atom is -0.328 e. The maximum absolute atomic E-state index is 13.0. The average Bonchev–Trinajstić information content (AvgIpc) is 3.02. The third kappa shape index (κ3) is 3.98. The molecule has 0 amide bonds. The van der Waals surface area contributed by atoms with Crippen LogP contribution < -0.4 is 11.1 Å². The number of nitrogens with two attached hydrogens (primary N) is 1. The number of nitrogens with zero attached hydrogens (tertiary/aromatic N) is 1. The Balaban J connectivity index is 1.88. The van der Waals surface area contributed by atoms with Crippen molar-refractivity contribution < 1.29 is 8.42 Å². The molecule has 138 valence electrons. The normalized spacial score (nSPS) is 13.2. The van der Waals surface area contributed by atoms with Gasteiger partial charge in [0.15, 0.2) is 0 Å². The van der Waals surface area contributed by atoms with Crippen molar-refractivity contribution in [1.29, 1.82) is 0 Å². The van der Waals surface area contributed by atoms with Gasteiger partial charge < -0.3 is 11.1 Å². The molecule has 3 rings (SSSR count). The standard InChI is InChI=1S/C20H25N3O2S/c1-16(21)8-7-13-22-14-17-15-23(20-12-6-5-11-19(17)20)26(24,25)18-9-3-2-4-10-18/h2-6,9-12,15-16,22H,7-8,13-14,21H2,1H3. The third-order valence-corrected chi connectivity index (χ3v) is 6.08. The van der Waals surface area contributed by atoms with E-state index < -0.39 is 10.0 Å². The molecule has 0 bridgehead atoms. The number of hydrogen-bond donors (Lipinski definition) is 2. The number of nitrogens with one attached hydrogen (secondary N) is 1. The quantitative estimate of drug-likeness (QED) is 0.597. The van der Waals surface area contributed by atoms with Crippen LogP contribution in [0, 0.1) is 0 Å². The van der Waals surface area contributed by atoms with Crippen molar-refractivity contribution in [2.45, 2.75) is 37.2 Å². The van der Waals surface area contributed by atoms with Crippen molar-refractivity contribution in [1.82, 2.24) is 9.29 Å². The van der Waals surface area contributed by atoms with E-state index in [4.69, 9.17) is 5.73 Å². The highest BCUT2D eigenvalue weighted by Gasteiger charge is 2.20. The van der Waals surface area contributed by atoms with Gasteiger partial charge in [0, 0.05) is 24.2 Å². The number of rotatable bonds is 8. The first-order chi connectivity index (χ1) is 12.5. The number of hydrogen-bond acceptors (Lipinski definition) is 4. The molecule has 5 nitrogen and oxygen atoms in total. The summed E-state index contributed by atoms with van der Waals surface area (Å²) in [4.78, 5) is 0.289. The summed E-state index contributed by atoms with van der Waals surface area (Å²) in [5.41, 5.74) is 7.44. The summed E-state index contributed by atoms with van der Waals surface area (Å²) in [5.74, 6) is 0. The fourth-order valence-electron chi connectivity index (χ4n) is 3.04. The lowest BCUT2D eigenvalue weighted by Crippen LogP contribution is -2.19. The summed E-state index contributed by atoms with van der Waals surface area (Å²) in [6.07, 6.45) is 3.70. The third-order valence-electron chi connectivity index (χ3n) is 4.39. The zero-order valence-corrected chi connectivity index (χ0v) is 15.7. The summed E-state index contributed by atoms with van der Waals surface area (Å²) in [7, 11) is -3.62. The van der Waals surface area contributed by atoms with Crippen molar-refractivity contribution in [3.05, 3.63) is 66.4 Å². The van der Waals surface area contributed by atoms with Gasteiger partial charge in [0.1, 0.15) is 0 Å². The average molecular weight is 372 g/mol. The van der Waals surface area contributed by atoms with Crippen LogP contribution >= 0.6 is 0 Å². The first-order valence-electron chi connectivity index (χ1n) is 8.86. The van der Waals surface area contributed by atoms with Gasteiger partial charge in [-0.1, -0.05) is 36.4 Å². The minimum atomic E-state index is -3.62. The maximum atomic E-state index is 13.0. The summed E-state index contributed by atoms with van der Waals surface area (Å²) < 4.78 is 27.5. The Hall–Kier alpha value is -2.15. The van der Waals surface area contributed by atoms with E-state index in [0.29, 0.717) is 12.1 Å². The van der Waals surface area contributed by atoms with Gasteiger partial charge >= 0.3 is 0 Å². The monoisotopic (exact) mass is 371 g/mol. The van der Waals surface area contributed by atoms with Crippen molar-refractivity contribution in [2.24, 2.45) is 5.73 Å². The van der Waals surface area contributed by atoms with E-state index in [-0.39, 0.29) is 10.9 Å². The van der Waals surface area contributed by atoms with E-state index in [2.05, 4.69) is 5.32 Å². The highest BCUT2D eigenvalue weighted by atomic mass is 32.2. The van der Waals surface area contributed by atoms with Crippen molar-refractivity contribution in [2.75, 3.05) is 6.54 Å². The molecular weight excluding hydrogens is 346 g/mol. The largest absolute Gasteiger partial charge is 0.328 e. The van der Waals surface area contributed by atoms with Gasteiger partial charge in [-0.25, -0.2) is 12.4 Å². The fourth-order valence-corrected chi connectivity index (χ4v) is 4.45. The van der Waals surface area contributed by atoms with Crippen molar-refractivity contribution in [3.63, 3.8) is 0 Å². The molecule has 0 radical (unpaired) electrons. The van der Waals surface area contributed by atoms with Gasteiger partial charge in [0.2, 0.25) is 0 Å². The Morgan fingerprint density at radius 3 is 2.50 bits per heavy atom. The van der Waals surface area contributed by atoms with Crippen LogP contribution in [-0.4, -0.2) is 25.0 Å². The molecular formula is C20H25N3O2S. The predicted molar refractivity (Wildman–Crippen MR) is 106 cm³/mol. The Morgan fingerprint density at radius 2 is 1.77 bits per heavy atom. The molecule has 26 heavy (non-hydrogen) atoms. The van der Waals surface area contributed by atoms with Gasteiger partial charge in [0.25, 0.3) is 10.0 Å². The molecule has 3 aromatic rings. The Bertz CT molecular complexity index is 963. The van der Waals surface area contributed by atoms with Crippen LogP contribution in [0.1, 0.15) is 25.3 Å². The second-order valence-corrected chi connectivity index (χ2v) is 8.40. The molecule has 0 saturated carbocycles. The van der Waals surface area contributed by atoms with Gasteiger partial charge in [-0.3, -0.25) is 0 Å². The van der Waals surface area contributed by atoms with Crippen molar-refractivity contribution in [3.8, 4) is 0 Å². The maximum Gasteiger partial charge on any atom is 0.268 e. The van der Waals surface area contributed by atoms with E-state index in [1.54, 1.807) is 30.5 Å². The lowest BCUT2D eigenvalue weighted by molar-refractivity contribution is 0.574. The number of aromatic nitrogens is 1. The van der Waals surface area contributed by atoms with Crippen LogP contribution in [0.3, 0.4) is 0 Å². The molecule has 0 aliphatic rings. The van der Waals surface area contributed by atoms with Gasteiger partial charge in [0.05, 0.1) is 10.4 Å². The summed E-state index contributed by atoms with van der Waals surface area (Å²) in [6.45, 7) is 3.48. The highest BCUT2D eigenvalue weighted by Crippen LogP contribution is 2.25. The van der Waals surface area contributed by atoms with Crippen LogP contribution in [0.5, 0.6) is 0 Å². The van der Waals surface area contributed by atoms with Crippen molar-refractivity contribution >= 4 is 20.9 Å². The zero-order chi connectivity index (χ0) is 18.6. The first-order valence-corrected chi connectivity index (χ1v) is 10.3. The molecule has 6 heteroatoms. The summed E-state index contributed by atoms with van der Waals surface area (Å²) in [5, 5.41) is 4.34. The molecule has 1 unspecified atom stereocenters. The Labute approximate surface area is 154 Å². The fraction of sp³-hybridized carbons (Fsp3) is 0.300. The molecule has 0 fully saturated rings. The molecule has 1 aromatic heterocycles. The van der Waals surface area contributed by atoms with E-state index in [9.17, 15) is 8.42 Å². The molecule has 0 spiro atoms. The number of benzene rings is 2. The molecule has 2 aromatic carbocycles. The molecule has 1 heterocycles. The van der Waals surface area contributed by atoms with Crippen LogP contribution in [0.4, 0.5) is 0 Å². The molecule has 0 aliphatic carbocycles. The van der Waals surface area contributed by atoms with Gasteiger partial charge in [-0.05, 0) is 50.1 Å². The Kier molecular flexibility index (Phi) is 5.76. The smallest absolute Gasteiger partial charge is 0.268 e. The second-order valence-electron chi connectivity index (χ2n) is 6.58. The van der Waals surface area contributed by atoms with Crippen LogP contribution in [-0.2, 0) is 16.6 Å². The van der Waals surface area contributed by atoms with E-state index >= 15 is 0 Å². The van der Waals surface area contributed by atoms with E-state index in [1.165, 1.54) is 3.97 Å². The minimum absolute atomic E-state index is 0.203. The second kappa shape index (κ2) is 8.03. The lowest BCUT2D eigenvalue weighted by atomic mass is 10.1. The van der Waals surface area contributed by atoms with E-state index in [0.717, 1.165) is 30.3 Å². The van der Waals surface area contributed by atoms with Crippen LogP contribution in [0.15, 0.2) is 65.7 Å². The first kappa shape index (κ1) is 18.6. The summed E-state index contributed by atoms with van der Waals surface area (Å²) >= 11 is 0. The molecule has 0 saturated heterocycles. The molecule has 0 aliphatic heterocycles.